The number of benzene rings is 1. The number of rotatable bonds is 2. The first-order valence-corrected chi connectivity index (χ1v) is 5.21. The van der Waals surface area contributed by atoms with Crippen LogP contribution in [-0.4, -0.2) is 6.61 Å². The lowest BCUT2D eigenvalue weighted by Gasteiger charge is -2.17. The monoisotopic (exact) mass is 203 g/mol. The predicted octanol–water partition coefficient (Wildman–Crippen LogP) is 2.91. The molecule has 1 saturated heterocycles. The molecule has 1 aromatic rings. The molecule has 1 heterocycles. The Kier molecular flexibility index (Phi) is 2.31. The quantitative estimate of drug-likeness (QED) is 0.593. The highest BCUT2D eigenvalue weighted by Gasteiger charge is 2.30. The van der Waals surface area contributed by atoms with Gasteiger partial charge >= 0.3 is 0 Å². The highest BCUT2D eigenvalue weighted by molar-refractivity contribution is 5.71. The van der Waals surface area contributed by atoms with E-state index in [0.29, 0.717) is 0 Å². The Labute approximate surface area is 90.7 Å². The van der Waals surface area contributed by atoms with E-state index in [-0.39, 0.29) is 6.10 Å². The van der Waals surface area contributed by atoms with Gasteiger partial charge in [-0.15, -0.1) is 0 Å². The van der Waals surface area contributed by atoms with Gasteiger partial charge < -0.3 is 10.5 Å². The van der Waals surface area contributed by atoms with Crippen molar-refractivity contribution in [2.24, 2.45) is 0 Å². The van der Waals surface area contributed by atoms with E-state index in [0.717, 1.165) is 23.4 Å². The van der Waals surface area contributed by atoms with Gasteiger partial charge in [-0.3, -0.25) is 0 Å². The Morgan fingerprint density at radius 2 is 1.87 bits per heavy atom. The van der Waals surface area contributed by atoms with Crippen LogP contribution in [0.5, 0.6) is 0 Å². The molecule has 0 amide bonds. The van der Waals surface area contributed by atoms with Crippen LogP contribution in [0.2, 0.25) is 0 Å². The minimum atomic E-state index is 0.223. The molecule has 1 fully saturated rings. The third-order valence-electron chi connectivity index (χ3n) is 3.33. The highest BCUT2D eigenvalue weighted by atomic mass is 16.6. The van der Waals surface area contributed by atoms with Gasteiger partial charge in [0.2, 0.25) is 0 Å². The maximum Gasteiger partial charge on any atom is 0.108 e. The lowest BCUT2D eigenvalue weighted by Crippen LogP contribution is -2.04. The molecular formula is C13H17NO. The van der Waals surface area contributed by atoms with Crippen LogP contribution in [0, 0.1) is 20.8 Å². The maximum atomic E-state index is 6.14. The standard InChI is InChI=1S/C13H17NO/c1-5-10-7(2)8(3)12(11-6-15-11)13(14)9(10)4/h5,11H,1,6,14H2,2-4H3. The van der Waals surface area contributed by atoms with Crippen LogP contribution in [-0.2, 0) is 4.74 Å². The van der Waals surface area contributed by atoms with E-state index in [9.17, 15) is 0 Å². The summed E-state index contributed by atoms with van der Waals surface area (Å²) < 4.78 is 5.33. The third-order valence-corrected chi connectivity index (χ3v) is 3.33. The van der Waals surface area contributed by atoms with Gasteiger partial charge in [0.15, 0.2) is 0 Å². The van der Waals surface area contributed by atoms with Crippen molar-refractivity contribution in [2.75, 3.05) is 12.3 Å². The van der Waals surface area contributed by atoms with E-state index in [2.05, 4.69) is 20.4 Å². The van der Waals surface area contributed by atoms with Crippen molar-refractivity contribution < 1.29 is 4.74 Å². The van der Waals surface area contributed by atoms with E-state index < -0.39 is 0 Å². The first-order chi connectivity index (χ1) is 7.07. The molecule has 1 aliphatic rings. The first kappa shape index (κ1) is 10.2. The molecule has 2 nitrogen and oxygen atoms in total. The topological polar surface area (TPSA) is 38.5 Å². The predicted molar refractivity (Wildman–Crippen MR) is 63.8 cm³/mol. The average molecular weight is 203 g/mol. The van der Waals surface area contributed by atoms with Gasteiger partial charge in [0.25, 0.3) is 0 Å². The Morgan fingerprint density at radius 1 is 1.27 bits per heavy atom. The van der Waals surface area contributed by atoms with Crippen molar-refractivity contribution in [3.8, 4) is 0 Å². The molecule has 0 bridgehead atoms. The van der Waals surface area contributed by atoms with E-state index >= 15 is 0 Å². The minimum absolute atomic E-state index is 0.223. The van der Waals surface area contributed by atoms with Crippen molar-refractivity contribution >= 4 is 11.8 Å². The SMILES string of the molecule is C=Cc1c(C)c(C)c(C2CO2)c(N)c1C. The van der Waals surface area contributed by atoms with Crippen molar-refractivity contribution in [3.63, 3.8) is 0 Å². The lowest BCUT2D eigenvalue weighted by atomic mass is 9.90. The van der Waals surface area contributed by atoms with Crippen molar-refractivity contribution in [1.29, 1.82) is 0 Å². The fraction of sp³-hybridized carbons (Fsp3) is 0.385. The van der Waals surface area contributed by atoms with Crippen LogP contribution < -0.4 is 5.73 Å². The number of nitrogen functional groups attached to an aromatic ring is 1. The number of ether oxygens (including phenoxy) is 1. The molecule has 1 aliphatic heterocycles. The Balaban J connectivity index is 2.72. The molecule has 0 aliphatic carbocycles. The molecule has 2 N–H and O–H groups in total. The van der Waals surface area contributed by atoms with Crippen LogP contribution in [0.15, 0.2) is 6.58 Å². The normalized spacial score (nSPS) is 19.0. The zero-order valence-electron chi connectivity index (χ0n) is 9.55. The van der Waals surface area contributed by atoms with E-state index in [1.165, 1.54) is 16.7 Å². The zero-order chi connectivity index (χ0) is 11.2. The second-order valence-corrected chi connectivity index (χ2v) is 4.14. The fourth-order valence-corrected chi connectivity index (χ4v) is 2.17. The average Bonchev–Trinajstić information content (AvgIpc) is 3.00. The summed E-state index contributed by atoms with van der Waals surface area (Å²) in [5.74, 6) is 0. The number of epoxide rings is 1. The van der Waals surface area contributed by atoms with Gasteiger partial charge in [0.05, 0.1) is 6.61 Å². The molecule has 2 rings (SSSR count). The van der Waals surface area contributed by atoms with Gasteiger partial charge in [0.1, 0.15) is 6.10 Å². The van der Waals surface area contributed by atoms with Gasteiger partial charge in [-0.05, 0) is 43.0 Å². The second-order valence-electron chi connectivity index (χ2n) is 4.14. The third kappa shape index (κ3) is 1.45. The summed E-state index contributed by atoms with van der Waals surface area (Å²) >= 11 is 0. The van der Waals surface area contributed by atoms with Gasteiger partial charge in [-0.1, -0.05) is 12.7 Å². The molecule has 0 spiro atoms. The van der Waals surface area contributed by atoms with Gasteiger partial charge in [0, 0.05) is 11.3 Å². The zero-order valence-corrected chi connectivity index (χ0v) is 9.55. The Hall–Kier alpha value is -1.28. The molecular weight excluding hydrogens is 186 g/mol. The van der Waals surface area contributed by atoms with E-state index in [1.54, 1.807) is 0 Å². The van der Waals surface area contributed by atoms with Gasteiger partial charge in [-0.2, -0.15) is 0 Å². The van der Waals surface area contributed by atoms with Crippen LogP contribution in [0.4, 0.5) is 5.69 Å². The second kappa shape index (κ2) is 3.38. The summed E-state index contributed by atoms with van der Waals surface area (Å²) in [6.07, 6.45) is 2.10. The summed E-state index contributed by atoms with van der Waals surface area (Å²) in [4.78, 5) is 0. The summed E-state index contributed by atoms with van der Waals surface area (Å²) in [5.41, 5.74) is 13.0. The van der Waals surface area contributed by atoms with Crippen LogP contribution in [0.3, 0.4) is 0 Å². The van der Waals surface area contributed by atoms with Crippen LogP contribution in [0.1, 0.15) is 33.9 Å². The molecule has 0 radical (unpaired) electrons. The number of hydrogen-bond acceptors (Lipinski definition) is 2. The van der Waals surface area contributed by atoms with E-state index in [4.69, 9.17) is 10.5 Å². The number of hydrogen-bond donors (Lipinski definition) is 1. The summed E-state index contributed by atoms with van der Waals surface area (Å²) in [5, 5.41) is 0. The van der Waals surface area contributed by atoms with Crippen molar-refractivity contribution in [1.82, 2.24) is 0 Å². The molecule has 2 heteroatoms. The molecule has 0 aromatic heterocycles. The molecule has 0 saturated carbocycles. The summed E-state index contributed by atoms with van der Waals surface area (Å²) in [6.45, 7) is 10.9. The Bertz CT molecular complexity index is 402. The first-order valence-electron chi connectivity index (χ1n) is 5.21. The highest BCUT2D eigenvalue weighted by Crippen LogP contribution is 2.40. The molecule has 1 aromatic carbocycles. The maximum absolute atomic E-state index is 6.14. The number of nitrogens with two attached hydrogens (primary N) is 1. The Morgan fingerprint density at radius 3 is 2.33 bits per heavy atom. The van der Waals surface area contributed by atoms with Crippen LogP contribution >= 0.6 is 0 Å². The summed E-state index contributed by atoms with van der Waals surface area (Å²) in [6, 6.07) is 0. The molecule has 1 unspecified atom stereocenters. The van der Waals surface area contributed by atoms with Gasteiger partial charge in [-0.25, -0.2) is 0 Å². The van der Waals surface area contributed by atoms with Crippen molar-refractivity contribution in [2.45, 2.75) is 26.9 Å². The van der Waals surface area contributed by atoms with E-state index in [1.807, 2.05) is 13.0 Å². The van der Waals surface area contributed by atoms with Crippen molar-refractivity contribution in [3.05, 3.63) is 34.4 Å². The van der Waals surface area contributed by atoms with Crippen LogP contribution in [0.25, 0.3) is 6.08 Å². The molecule has 80 valence electrons. The molecule has 15 heavy (non-hydrogen) atoms. The minimum Gasteiger partial charge on any atom is -0.398 e. The summed E-state index contributed by atoms with van der Waals surface area (Å²) in [7, 11) is 0. The largest absolute Gasteiger partial charge is 0.398 e. The molecule has 1 atom stereocenters. The lowest BCUT2D eigenvalue weighted by molar-refractivity contribution is 0.415. The number of anilines is 1. The smallest absolute Gasteiger partial charge is 0.108 e. The fourth-order valence-electron chi connectivity index (χ4n) is 2.17.